The van der Waals surface area contributed by atoms with Crippen molar-refractivity contribution in [2.75, 3.05) is 6.61 Å². The van der Waals surface area contributed by atoms with E-state index in [1.807, 2.05) is 38.1 Å². The second kappa shape index (κ2) is 6.90. The standard InChI is InChI=1S/C14H20BrNO2/c1-3-14(2,8-9-17)16-13(18)10-11-4-6-12(15)7-5-11/h4-7,17H,3,8-10H2,1-2H3,(H,16,18). The normalized spacial score (nSPS) is 14.0. The van der Waals surface area contributed by atoms with Gasteiger partial charge in [0.15, 0.2) is 0 Å². The van der Waals surface area contributed by atoms with E-state index in [-0.39, 0.29) is 18.1 Å². The molecule has 1 rings (SSSR count). The number of nitrogens with one attached hydrogen (secondary N) is 1. The van der Waals surface area contributed by atoms with Crippen molar-refractivity contribution in [3.8, 4) is 0 Å². The number of benzene rings is 1. The quantitative estimate of drug-likeness (QED) is 0.848. The van der Waals surface area contributed by atoms with Crippen LogP contribution in [0.4, 0.5) is 0 Å². The van der Waals surface area contributed by atoms with Gasteiger partial charge in [-0.15, -0.1) is 0 Å². The van der Waals surface area contributed by atoms with E-state index in [4.69, 9.17) is 5.11 Å². The molecule has 100 valence electrons. The first-order valence-corrected chi connectivity index (χ1v) is 6.95. The predicted octanol–water partition coefficient (Wildman–Crippen LogP) is 2.66. The number of halogens is 1. The predicted molar refractivity (Wildman–Crippen MR) is 76.4 cm³/mol. The van der Waals surface area contributed by atoms with Crippen LogP contribution in [0.5, 0.6) is 0 Å². The van der Waals surface area contributed by atoms with Crippen LogP contribution in [0.25, 0.3) is 0 Å². The fraction of sp³-hybridized carbons (Fsp3) is 0.500. The summed E-state index contributed by atoms with van der Waals surface area (Å²) in [6.45, 7) is 4.06. The lowest BCUT2D eigenvalue weighted by molar-refractivity contribution is -0.122. The maximum absolute atomic E-state index is 11.9. The molecule has 0 bridgehead atoms. The highest BCUT2D eigenvalue weighted by molar-refractivity contribution is 9.10. The summed E-state index contributed by atoms with van der Waals surface area (Å²) in [4.78, 5) is 11.9. The van der Waals surface area contributed by atoms with Crippen LogP contribution >= 0.6 is 15.9 Å². The Bertz CT molecular complexity index is 391. The average Bonchev–Trinajstić information content (AvgIpc) is 2.32. The van der Waals surface area contributed by atoms with Crippen LogP contribution in [0.15, 0.2) is 28.7 Å². The van der Waals surface area contributed by atoms with Gasteiger partial charge < -0.3 is 10.4 Å². The lowest BCUT2D eigenvalue weighted by atomic mass is 9.94. The third-order valence-corrected chi connectivity index (χ3v) is 3.69. The minimum absolute atomic E-state index is 0.00452. The maximum Gasteiger partial charge on any atom is 0.224 e. The Hall–Kier alpha value is -0.870. The number of carbonyl (C=O) groups is 1. The molecule has 2 N–H and O–H groups in total. The van der Waals surface area contributed by atoms with Gasteiger partial charge >= 0.3 is 0 Å². The summed E-state index contributed by atoms with van der Waals surface area (Å²) in [6, 6.07) is 7.71. The van der Waals surface area contributed by atoms with Crippen LogP contribution in [-0.4, -0.2) is 23.2 Å². The molecule has 0 aromatic heterocycles. The van der Waals surface area contributed by atoms with E-state index in [0.29, 0.717) is 12.8 Å². The molecule has 0 fully saturated rings. The van der Waals surface area contributed by atoms with Crippen molar-refractivity contribution in [3.63, 3.8) is 0 Å². The van der Waals surface area contributed by atoms with Crippen LogP contribution in [-0.2, 0) is 11.2 Å². The van der Waals surface area contributed by atoms with Gasteiger partial charge in [-0.1, -0.05) is 35.0 Å². The van der Waals surface area contributed by atoms with Gasteiger partial charge in [-0.05, 0) is 37.5 Å². The molecule has 0 radical (unpaired) electrons. The molecule has 0 saturated heterocycles. The summed E-state index contributed by atoms with van der Waals surface area (Å²) in [5, 5.41) is 12.0. The zero-order valence-electron chi connectivity index (χ0n) is 10.9. The third kappa shape index (κ3) is 4.78. The molecule has 0 aliphatic rings. The minimum atomic E-state index is -0.318. The molecular weight excluding hydrogens is 294 g/mol. The van der Waals surface area contributed by atoms with Crippen molar-refractivity contribution in [1.82, 2.24) is 5.32 Å². The molecule has 3 nitrogen and oxygen atoms in total. The molecule has 1 unspecified atom stereocenters. The topological polar surface area (TPSA) is 49.3 Å². The summed E-state index contributed by atoms with van der Waals surface area (Å²) < 4.78 is 1.00. The van der Waals surface area contributed by atoms with Crippen LogP contribution in [0.3, 0.4) is 0 Å². The Morgan fingerprint density at radius 1 is 1.39 bits per heavy atom. The van der Waals surface area contributed by atoms with Crippen molar-refractivity contribution in [1.29, 1.82) is 0 Å². The lowest BCUT2D eigenvalue weighted by Gasteiger charge is -2.29. The Kier molecular flexibility index (Phi) is 5.82. The van der Waals surface area contributed by atoms with Crippen LogP contribution in [0, 0.1) is 0 Å². The lowest BCUT2D eigenvalue weighted by Crippen LogP contribution is -2.46. The molecule has 0 spiro atoms. The molecule has 1 aromatic carbocycles. The van der Waals surface area contributed by atoms with Crippen LogP contribution in [0.1, 0.15) is 32.3 Å². The Morgan fingerprint density at radius 2 is 2.00 bits per heavy atom. The van der Waals surface area contributed by atoms with Crippen LogP contribution in [0.2, 0.25) is 0 Å². The highest BCUT2D eigenvalue weighted by Gasteiger charge is 2.23. The second-order valence-corrected chi connectivity index (χ2v) is 5.65. The Balaban J connectivity index is 2.58. The van der Waals surface area contributed by atoms with Gasteiger partial charge in [0.1, 0.15) is 0 Å². The summed E-state index contributed by atoms with van der Waals surface area (Å²) in [6.07, 6.45) is 1.75. The van der Waals surface area contributed by atoms with E-state index >= 15 is 0 Å². The molecule has 4 heteroatoms. The molecule has 1 atom stereocenters. The summed E-state index contributed by atoms with van der Waals surface area (Å²) in [5.41, 5.74) is 0.666. The summed E-state index contributed by atoms with van der Waals surface area (Å²) >= 11 is 3.36. The fourth-order valence-electron chi connectivity index (χ4n) is 1.74. The van der Waals surface area contributed by atoms with Gasteiger partial charge in [0.05, 0.1) is 6.42 Å². The minimum Gasteiger partial charge on any atom is -0.396 e. The van der Waals surface area contributed by atoms with E-state index in [2.05, 4.69) is 21.2 Å². The number of carbonyl (C=O) groups excluding carboxylic acids is 1. The van der Waals surface area contributed by atoms with Crippen molar-refractivity contribution in [2.45, 2.75) is 38.6 Å². The molecule has 0 saturated carbocycles. The number of hydrogen-bond donors (Lipinski definition) is 2. The van der Waals surface area contributed by atoms with E-state index in [0.717, 1.165) is 16.5 Å². The zero-order valence-corrected chi connectivity index (χ0v) is 12.5. The zero-order chi connectivity index (χ0) is 13.6. The number of rotatable bonds is 6. The van der Waals surface area contributed by atoms with Gasteiger partial charge in [0.2, 0.25) is 5.91 Å². The molecular formula is C14H20BrNO2. The first-order valence-electron chi connectivity index (χ1n) is 6.15. The maximum atomic E-state index is 11.9. The first-order chi connectivity index (χ1) is 8.49. The smallest absolute Gasteiger partial charge is 0.224 e. The highest BCUT2D eigenvalue weighted by Crippen LogP contribution is 2.15. The third-order valence-electron chi connectivity index (χ3n) is 3.16. The first kappa shape index (κ1) is 15.2. The Morgan fingerprint density at radius 3 is 2.50 bits per heavy atom. The monoisotopic (exact) mass is 313 g/mol. The highest BCUT2D eigenvalue weighted by atomic mass is 79.9. The molecule has 1 aromatic rings. The molecule has 18 heavy (non-hydrogen) atoms. The number of amides is 1. The van der Waals surface area contributed by atoms with Gasteiger partial charge in [0.25, 0.3) is 0 Å². The van der Waals surface area contributed by atoms with E-state index in [1.54, 1.807) is 0 Å². The van der Waals surface area contributed by atoms with E-state index in [1.165, 1.54) is 0 Å². The number of aliphatic hydroxyl groups excluding tert-OH is 1. The molecule has 0 aliphatic carbocycles. The van der Waals surface area contributed by atoms with Crippen molar-refractivity contribution in [3.05, 3.63) is 34.3 Å². The van der Waals surface area contributed by atoms with Crippen molar-refractivity contribution < 1.29 is 9.90 Å². The largest absolute Gasteiger partial charge is 0.396 e. The second-order valence-electron chi connectivity index (χ2n) is 4.74. The number of aliphatic hydroxyl groups is 1. The van der Waals surface area contributed by atoms with Gasteiger partial charge in [-0.3, -0.25) is 4.79 Å². The summed E-state index contributed by atoms with van der Waals surface area (Å²) in [7, 11) is 0. The van der Waals surface area contributed by atoms with Gasteiger partial charge in [-0.2, -0.15) is 0 Å². The number of hydrogen-bond acceptors (Lipinski definition) is 2. The molecule has 1 amide bonds. The van der Waals surface area contributed by atoms with E-state index in [9.17, 15) is 4.79 Å². The van der Waals surface area contributed by atoms with Crippen molar-refractivity contribution >= 4 is 21.8 Å². The van der Waals surface area contributed by atoms with Crippen LogP contribution < -0.4 is 5.32 Å². The van der Waals surface area contributed by atoms with Crippen molar-refractivity contribution in [2.24, 2.45) is 0 Å². The average molecular weight is 314 g/mol. The van der Waals surface area contributed by atoms with Gasteiger partial charge in [0, 0.05) is 16.6 Å². The fourth-order valence-corrected chi connectivity index (χ4v) is 2.01. The Labute approximate surface area is 117 Å². The SMILES string of the molecule is CCC(C)(CCO)NC(=O)Cc1ccc(Br)cc1. The van der Waals surface area contributed by atoms with Gasteiger partial charge in [-0.25, -0.2) is 0 Å². The molecule has 0 aliphatic heterocycles. The van der Waals surface area contributed by atoms with E-state index < -0.39 is 0 Å². The summed E-state index contributed by atoms with van der Waals surface area (Å²) in [5.74, 6) is -0.00452. The molecule has 0 heterocycles.